The van der Waals surface area contributed by atoms with E-state index >= 15 is 0 Å². The quantitative estimate of drug-likeness (QED) is 0.904. The first kappa shape index (κ1) is 16.0. The van der Waals surface area contributed by atoms with Crippen LogP contribution in [0.2, 0.25) is 5.02 Å². The Labute approximate surface area is 140 Å². The molecule has 0 aliphatic heterocycles. The number of hydrogen-bond acceptors (Lipinski definition) is 3. The SMILES string of the molecule is O=C(NC1CCCCC1CO)c1ccn(-c2cccc(Cl)c2)n1. The molecule has 0 radical (unpaired) electrons. The van der Waals surface area contributed by atoms with Crippen LogP contribution in [0.25, 0.3) is 5.69 Å². The van der Waals surface area contributed by atoms with Gasteiger partial charge in [-0.05, 0) is 37.1 Å². The first-order valence-corrected chi connectivity index (χ1v) is 8.28. The topological polar surface area (TPSA) is 67.2 Å². The summed E-state index contributed by atoms with van der Waals surface area (Å²) in [5.41, 5.74) is 1.18. The lowest BCUT2D eigenvalue weighted by Gasteiger charge is -2.30. The van der Waals surface area contributed by atoms with Crippen molar-refractivity contribution in [2.45, 2.75) is 31.7 Å². The van der Waals surface area contributed by atoms with E-state index in [1.807, 2.05) is 12.1 Å². The van der Waals surface area contributed by atoms with E-state index in [1.165, 1.54) is 0 Å². The molecule has 2 atom stereocenters. The van der Waals surface area contributed by atoms with Gasteiger partial charge in [0.25, 0.3) is 5.91 Å². The van der Waals surface area contributed by atoms with E-state index < -0.39 is 0 Å². The van der Waals surface area contributed by atoms with Gasteiger partial charge in [0.15, 0.2) is 5.69 Å². The van der Waals surface area contributed by atoms with Gasteiger partial charge >= 0.3 is 0 Å². The Kier molecular flexibility index (Phi) is 4.98. The summed E-state index contributed by atoms with van der Waals surface area (Å²) < 4.78 is 1.63. The van der Waals surface area contributed by atoms with Crippen molar-refractivity contribution in [1.82, 2.24) is 15.1 Å². The van der Waals surface area contributed by atoms with Gasteiger partial charge in [0.2, 0.25) is 0 Å². The van der Waals surface area contributed by atoms with Gasteiger partial charge in [-0.25, -0.2) is 4.68 Å². The van der Waals surface area contributed by atoms with E-state index in [1.54, 1.807) is 29.1 Å². The van der Waals surface area contributed by atoms with Gasteiger partial charge in [-0.3, -0.25) is 4.79 Å². The highest BCUT2D eigenvalue weighted by atomic mass is 35.5. The van der Waals surface area contributed by atoms with E-state index in [9.17, 15) is 9.90 Å². The third kappa shape index (κ3) is 3.74. The number of nitrogens with one attached hydrogen (secondary N) is 1. The molecule has 2 aromatic rings. The molecule has 2 N–H and O–H groups in total. The number of carbonyl (C=O) groups is 1. The van der Waals surface area contributed by atoms with Gasteiger partial charge in [-0.15, -0.1) is 0 Å². The summed E-state index contributed by atoms with van der Waals surface area (Å²) in [4.78, 5) is 12.4. The molecular formula is C17H20ClN3O2. The number of amides is 1. The first-order chi connectivity index (χ1) is 11.2. The zero-order valence-corrected chi connectivity index (χ0v) is 13.5. The van der Waals surface area contributed by atoms with E-state index in [0.717, 1.165) is 31.4 Å². The highest BCUT2D eigenvalue weighted by Crippen LogP contribution is 2.24. The van der Waals surface area contributed by atoms with Gasteiger partial charge < -0.3 is 10.4 Å². The third-order valence-corrected chi connectivity index (χ3v) is 4.59. The number of hydrogen-bond donors (Lipinski definition) is 2. The average molecular weight is 334 g/mol. The standard InChI is InChI=1S/C17H20ClN3O2/c18-13-5-3-6-14(10-13)21-9-8-16(20-21)17(23)19-15-7-2-1-4-12(15)11-22/h3,5-6,8-10,12,15,22H,1-2,4,7,11H2,(H,19,23). The fraction of sp³-hybridized carbons (Fsp3) is 0.412. The van der Waals surface area contributed by atoms with Crippen LogP contribution in [0.3, 0.4) is 0 Å². The Morgan fingerprint density at radius 3 is 2.96 bits per heavy atom. The molecular weight excluding hydrogens is 314 g/mol. The van der Waals surface area contributed by atoms with Crippen LogP contribution in [-0.2, 0) is 0 Å². The molecule has 23 heavy (non-hydrogen) atoms. The highest BCUT2D eigenvalue weighted by molar-refractivity contribution is 6.30. The van der Waals surface area contributed by atoms with Crippen molar-refractivity contribution in [2.75, 3.05) is 6.61 Å². The van der Waals surface area contributed by atoms with Crippen LogP contribution >= 0.6 is 11.6 Å². The van der Waals surface area contributed by atoms with Crippen molar-refractivity contribution < 1.29 is 9.90 Å². The van der Waals surface area contributed by atoms with Gasteiger partial charge in [0.05, 0.1) is 5.69 Å². The lowest BCUT2D eigenvalue weighted by atomic mass is 9.85. The smallest absolute Gasteiger partial charge is 0.272 e. The number of benzene rings is 1. The molecule has 1 amide bonds. The van der Waals surface area contributed by atoms with Crippen molar-refractivity contribution in [3.8, 4) is 5.69 Å². The molecule has 1 aromatic carbocycles. The van der Waals surface area contributed by atoms with Crippen molar-refractivity contribution in [1.29, 1.82) is 0 Å². The Bertz CT molecular complexity index is 686. The molecule has 1 aliphatic rings. The summed E-state index contributed by atoms with van der Waals surface area (Å²) in [5.74, 6) is -0.0566. The highest BCUT2D eigenvalue weighted by Gasteiger charge is 2.26. The normalized spacial score (nSPS) is 21.1. The maximum atomic E-state index is 12.4. The second-order valence-electron chi connectivity index (χ2n) is 5.93. The fourth-order valence-electron chi connectivity index (χ4n) is 3.07. The number of rotatable bonds is 4. The fourth-order valence-corrected chi connectivity index (χ4v) is 3.25. The number of aliphatic hydroxyl groups excluding tert-OH is 1. The lowest BCUT2D eigenvalue weighted by Crippen LogP contribution is -2.43. The molecule has 6 heteroatoms. The molecule has 1 fully saturated rings. The summed E-state index contributed by atoms with van der Waals surface area (Å²) in [7, 11) is 0. The summed E-state index contributed by atoms with van der Waals surface area (Å²) >= 11 is 5.98. The monoisotopic (exact) mass is 333 g/mol. The third-order valence-electron chi connectivity index (χ3n) is 4.35. The van der Waals surface area contributed by atoms with Crippen LogP contribution in [0, 0.1) is 5.92 Å². The Morgan fingerprint density at radius 1 is 1.35 bits per heavy atom. The molecule has 1 saturated carbocycles. The molecule has 0 bridgehead atoms. The predicted molar refractivity (Wildman–Crippen MR) is 88.9 cm³/mol. The van der Waals surface area contributed by atoms with E-state index in [4.69, 9.17) is 11.6 Å². The summed E-state index contributed by atoms with van der Waals surface area (Å²) in [5, 5.41) is 17.4. The second kappa shape index (κ2) is 7.15. The number of aromatic nitrogens is 2. The largest absolute Gasteiger partial charge is 0.396 e. The average Bonchev–Trinajstić information content (AvgIpc) is 3.05. The minimum atomic E-state index is -0.198. The molecule has 0 saturated heterocycles. The van der Waals surface area contributed by atoms with E-state index in [0.29, 0.717) is 10.7 Å². The van der Waals surface area contributed by atoms with Gasteiger partial charge in [0, 0.05) is 29.8 Å². The minimum Gasteiger partial charge on any atom is -0.396 e. The van der Waals surface area contributed by atoms with Crippen molar-refractivity contribution in [3.63, 3.8) is 0 Å². The van der Waals surface area contributed by atoms with E-state index in [-0.39, 0.29) is 24.5 Å². The number of halogens is 1. The summed E-state index contributed by atoms with van der Waals surface area (Å²) in [6.45, 7) is 0.113. The van der Waals surface area contributed by atoms with Crippen LogP contribution in [-0.4, -0.2) is 33.4 Å². The molecule has 0 spiro atoms. The maximum Gasteiger partial charge on any atom is 0.272 e. The zero-order chi connectivity index (χ0) is 16.2. The zero-order valence-electron chi connectivity index (χ0n) is 12.8. The molecule has 122 valence electrons. The van der Waals surface area contributed by atoms with Crippen molar-refractivity contribution in [3.05, 3.63) is 47.2 Å². The van der Waals surface area contributed by atoms with Crippen LogP contribution in [0.4, 0.5) is 0 Å². The van der Waals surface area contributed by atoms with Crippen LogP contribution in [0.15, 0.2) is 36.5 Å². The van der Waals surface area contributed by atoms with Gasteiger partial charge in [-0.2, -0.15) is 5.10 Å². The molecule has 3 rings (SSSR count). The van der Waals surface area contributed by atoms with Crippen molar-refractivity contribution >= 4 is 17.5 Å². The second-order valence-corrected chi connectivity index (χ2v) is 6.37. The molecule has 5 nitrogen and oxygen atoms in total. The number of carbonyl (C=O) groups excluding carboxylic acids is 1. The van der Waals surface area contributed by atoms with Crippen LogP contribution in [0.5, 0.6) is 0 Å². The van der Waals surface area contributed by atoms with Crippen LogP contribution in [0.1, 0.15) is 36.2 Å². The minimum absolute atomic E-state index is 0.0255. The predicted octanol–water partition coefficient (Wildman–Crippen LogP) is 2.81. The lowest BCUT2D eigenvalue weighted by molar-refractivity contribution is 0.0867. The summed E-state index contributed by atoms with van der Waals surface area (Å²) in [6, 6.07) is 9.01. The van der Waals surface area contributed by atoms with E-state index in [2.05, 4.69) is 10.4 Å². The number of nitrogens with zero attached hydrogens (tertiary/aromatic N) is 2. The maximum absolute atomic E-state index is 12.4. The Hall–Kier alpha value is -1.85. The van der Waals surface area contributed by atoms with Gasteiger partial charge in [-0.1, -0.05) is 30.5 Å². The number of aliphatic hydroxyl groups is 1. The molecule has 1 heterocycles. The van der Waals surface area contributed by atoms with Gasteiger partial charge in [0.1, 0.15) is 0 Å². The summed E-state index contributed by atoms with van der Waals surface area (Å²) in [6.07, 6.45) is 5.80. The van der Waals surface area contributed by atoms with Crippen molar-refractivity contribution in [2.24, 2.45) is 5.92 Å². The van der Waals surface area contributed by atoms with Crippen LogP contribution < -0.4 is 5.32 Å². The molecule has 1 aromatic heterocycles. The molecule has 1 aliphatic carbocycles. The Balaban J connectivity index is 1.71. The Morgan fingerprint density at radius 2 is 2.17 bits per heavy atom. The first-order valence-electron chi connectivity index (χ1n) is 7.90. The molecule has 2 unspecified atom stereocenters.